The lowest BCUT2D eigenvalue weighted by molar-refractivity contribution is -0.136. The first-order valence-electron chi connectivity index (χ1n) is 11.7. The number of piperazine rings is 1. The Morgan fingerprint density at radius 2 is 1.85 bits per heavy atom. The van der Waals surface area contributed by atoms with Crippen LogP contribution < -0.4 is 4.74 Å². The molecule has 3 aliphatic rings. The first-order valence-corrected chi connectivity index (χ1v) is 12.6. The number of carbonyl (C=O) groups is 2. The van der Waals surface area contributed by atoms with Gasteiger partial charge in [0.25, 0.3) is 0 Å². The molecule has 1 aromatic carbocycles. The summed E-state index contributed by atoms with van der Waals surface area (Å²) in [4.78, 5) is 37.4. The quantitative estimate of drug-likeness (QED) is 0.549. The van der Waals surface area contributed by atoms with Crippen molar-refractivity contribution in [2.45, 2.75) is 32.7 Å². The molecule has 1 saturated heterocycles. The lowest BCUT2D eigenvalue weighted by Crippen LogP contribution is -2.49. The number of esters is 1. The predicted molar refractivity (Wildman–Crippen MR) is 133 cm³/mol. The van der Waals surface area contributed by atoms with Crippen molar-refractivity contribution in [3.63, 3.8) is 0 Å². The summed E-state index contributed by atoms with van der Waals surface area (Å²) in [6.45, 7) is 8.38. The van der Waals surface area contributed by atoms with E-state index in [-0.39, 0.29) is 12.3 Å². The highest BCUT2D eigenvalue weighted by molar-refractivity contribution is 8.16. The molecule has 0 aromatic heterocycles. The molecule has 1 fully saturated rings. The van der Waals surface area contributed by atoms with Gasteiger partial charge in [0, 0.05) is 37.4 Å². The number of amides is 1. The molecule has 0 saturated carbocycles. The zero-order valence-corrected chi connectivity index (χ0v) is 21.1. The van der Waals surface area contributed by atoms with Gasteiger partial charge >= 0.3 is 5.97 Å². The van der Waals surface area contributed by atoms with Gasteiger partial charge in [-0.15, -0.1) is 0 Å². The molecular weight excluding hydrogens is 452 g/mol. The summed E-state index contributed by atoms with van der Waals surface area (Å²) in [7, 11) is 3.00. The molecule has 8 nitrogen and oxygen atoms in total. The lowest BCUT2D eigenvalue weighted by Gasteiger charge is -2.38. The standard InChI is InChI=1S/C25H32N4O4S/c1-5-19-22(24(31)33-4)23(18-9-7-8-10-20(18)32-3)29-17(16-34-25(29)26-19)15-21(30)28-13-11-27(6-2)12-14-28/h7-10,16,23H,5-6,11-15H2,1-4H3. The minimum Gasteiger partial charge on any atom is -0.496 e. The Labute approximate surface area is 205 Å². The van der Waals surface area contributed by atoms with Crippen molar-refractivity contribution in [2.75, 3.05) is 46.9 Å². The Morgan fingerprint density at radius 1 is 1.12 bits per heavy atom. The maximum Gasteiger partial charge on any atom is 0.338 e. The van der Waals surface area contributed by atoms with Gasteiger partial charge in [0.05, 0.1) is 38.0 Å². The number of methoxy groups -OCH3 is 2. The van der Waals surface area contributed by atoms with E-state index in [0.717, 1.165) is 49.2 Å². The van der Waals surface area contributed by atoms with Crippen LogP contribution >= 0.6 is 11.8 Å². The topological polar surface area (TPSA) is 74.7 Å². The van der Waals surface area contributed by atoms with Crippen LogP contribution in [0.3, 0.4) is 0 Å². The maximum atomic E-state index is 13.2. The summed E-state index contributed by atoms with van der Waals surface area (Å²) in [6.07, 6.45) is 0.837. The van der Waals surface area contributed by atoms with E-state index in [1.165, 1.54) is 18.9 Å². The number of nitrogens with zero attached hydrogens (tertiary/aromatic N) is 4. The first-order chi connectivity index (χ1) is 16.5. The fourth-order valence-corrected chi connectivity index (χ4v) is 5.62. The number of aliphatic imine (C=N–C) groups is 1. The van der Waals surface area contributed by atoms with E-state index in [9.17, 15) is 9.59 Å². The summed E-state index contributed by atoms with van der Waals surface area (Å²) in [5, 5.41) is 2.74. The van der Waals surface area contributed by atoms with Gasteiger partial charge in [-0.1, -0.05) is 43.8 Å². The molecule has 34 heavy (non-hydrogen) atoms. The molecule has 4 rings (SSSR count). The van der Waals surface area contributed by atoms with Crippen LogP contribution in [-0.2, 0) is 14.3 Å². The monoisotopic (exact) mass is 484 g/mol. The van der Waals surface area contributed by atoms with Crippen molar-refractivity contribution in [2.24, 2.45) is 4.99 Å². The molecule has 3 heterocycles. The van der Waals surface area contributed by atoms with Crippen molar-refractivity contribution in [1.29, 1.82) is 0 Å². The maximum absolute atomic E-state index is 13.2. The van der Waals surface area contributed by atoms with E-state index < -0.39 is 12.0 Å². The Hall–Kier alpha value is -2.78. The number of ether oxygens (including phenoxy) is 2. The number of fused-ring (bicyclic) bond motifs is 1. The third-order valence-electron chi connectivity index (χ3n) is 6.57. The van der Waals surface area contributed by atoms with Crippen molar-refractivity contribution in [3.8, 4) is 5.75 Å². The Bertz CT molecular complexity index is 1040. The highest BCUT2D eigenvalue weighted by atomic mass is 32.2. The van der Waals surface area contributed by atoms with E-state index in [2.05, 4.69) is 11.8 Å². The van der Waals surface area contributed by atoms with E-state index in [0.29, 0.717) is 23.4 Å². The van der Waals surface area contributed by atoms with Crippen LogP contribution in [0.2, 0.25) is 0 Å². The highest BCUT2D eigenvalue weighted by Gasteiger charge is 2.42. The molecule has 1 aromatic rings. The van der Waals surface area contributed by atoms with Crippen LogP contribution in [0.25, 0.3) is 0 Å². The number of hydrogen-bond donors (Lipinski definition) is 0. The lowest BCUT2D eigenvalue weighted by atomic mass is 9.92. The second-order valence-electron chi connectivity index (χ2n) is 8.33. The minimum absolute atomic E-state index is 0.0903. The molecule has 0 aliphatic carbocycles. The van der Waals surface area contributed by atoms with Crippen LogP contribution in [0.15, 0.2) is 51.6 Å². The zero-order valence-electron chi connectivity index (χ0n) is 20.2. The van der Waals surface area contributed by atoms with Crippen LogP contribution in [-0.4, -0.2) is 78.7 Å². The summed E-state index contributed by atoms with van der Waals surface area (Å²) < 4.78 is 10.9. The van der Waals surface area contributed by atoms with Gasteiger partial charge in [-0.2, -0.15) is 0 Å². The first kappa shape index (κ1) is 24.3. The molecule has 0 N–H and O–H groups in total. The fourth-order valence-electron chi connectivity index (χ4n) is 4.68. The molecule has 0 bridgehead atoms. The van der Waals surface area contributed by atoms with Crippen LogP contribution in [0.4, 0.5) is 0 Å². The smallest absolute Gasteiger partial charge is 0.338 e. The molecule has 1 amide bonds. The molecule has 1 unspecified atom stereocenters. The van der Waals surface area contributed by atoms with E-state index in [1.54, 1.807) is 7.11 Å². The fraction of sp³-hybridized carbons (Fsp3) is 0.480. The Balaban J connectivity index is 1.69. The summed E-state index contributed by atoms with van der Waals surface area (Å²) in [5.74, 6) is 0.338. The normalized spacial score (nSPS) is 20.6. The number of rotatable bonds is 7. The second-order valence-corrected chi connectivity index (χ2v) is 9.17. The third kappa shape index (κ3) is 4.59. The number of hydrogen-bond acceptors (Lipinski definition) is 8. The van der Waals surface area contributed by atoms with Gasteiger partial charge in [0.1, 0.15) is 5.75 Å². The number of benzene rings is 1. The molecule has 182 valence electrons. The van der Waals surface area contributed by atoms with Gasteiger partial charge in [0.2, 0.25) is 5.91 Å². The van der Waals surface area contributed by atoms with Gasteiger partial charge in [0.15, 0.2) is 5.17 Å². The minimum atomic E-state index is -0.489. The molecule has 9 heteroatoms. The predicted octanol–water partition coefficient (Wildman–Crippen LogP) is 3.39. The van der Waals surface area contributed by atoms with E-state index in [4.69, 9.17) is 14.5 Å². The zero-order chi connectivity index (χ0) is 24.2. The molecule has 0 radical (unpaired) electrons. The van der Waals surface area contributed by atoms with Crippen LogP contribution in [0.1, 0.15) is 38.3 Å². The summed E-state index contributed by atoms with van der Waals surface area (Å²) in [5.41, 5.74) is 2.84. The average molecular weight is 485 g/mol. The molecular formula is C25H32N4O4S. The number of para-hydroxylation sites is 1. The van der Waals surface area contributed by atoms with Crippen LogP contribution in [0.5, 0.6) is 5.75 Å². The van der Waals surface area contributed by atoms with E-state index >= 15 is 0 Å². The van der Waals surface area contributed by atoms with Crippen molar-refractivity contribution < 1.29 is 19.1 Å². The SMILES string of the molecule is CCC1=C(C(=O)OC)C(c2ccccc2OC)N2C(CC(=O)N3CCN(CC)CC3)=CSC2=N1. The van der Waals surface area contributed by atoms with Crippen molar-refractivity contribution in [3.05, 3.63) is 52.2 Å². The number of amidine groups is 1. The summed E-state index contributed by atoms with van der Waals surface area (Å²) >= 11 is 1.49. The third-order valence-corrected chi connectivity index (χ3v) is 7.46. The van der Waals surface area contributed by atoms with Gasteiger partial charge < -0.3 is 24.2 Å². The Kier molecular flexibility index (Phi) is 7.63. The summed E-state index contributed by atoms with van der Waals surface area (Å²) in [6, 6.07) is 7.17. The number of carbonyl (C=O) groups excluding carboxylic acids is 2. The number of thioether (sulfide) groups is 1. The molecule has 0 spiro atoms. The van der Waals surface area contributed by atoms with E-state index in [1.807, 2.05) is 46.4 Å². The van der Waals surface area contributed by atoms with Gasteiger partial charge in [-0.3, -0.25) is 4.79 Å². The van der Waals surface area contributed by atoms with Crippen LogP contribution in [0, 0.1) is 0 Å². The average Bonchev–Trinajstić information content (AvgIpc) is 3.29. The largest absolute Gasteiger partial charge is 0.496 e. The number of likely N-dealkylation sites (N-methyl/N-ethyl adjacent to an activating group) is 1. The second kappa shape index (κ2) is 10.7. The van der Waals surface area contributed by atoms with Gasteiger partial charge in [-0.25, -0.2) is 9.79 Å². The van der Waals surface area contributed by atoms with Crippen molar-refractivity contribution in [1.82, 2.24) is 14.7 Å². The van der Waals surface area contributed by atoms with Gasteiger partial charge in [-0.05, 0) is 24.4 Å². The number of allylic oxidation sites excluding steroid dienone is 1. The highest BCUT2D eigenvalue weighted by Crippen LogP contribution is 2.47. The van der Waals surface area contributed by atoms with Crippen molar-refractivity contribution >= 4 is 28.8 Å². The molecule has 3 aliphatic heterocycles. The Morgan fingerprint density at radius 3 is 2.50 bits per heavy atom. The molecule has 1 atom stereocenters.